The number of unbranched alkanes of at least 4 members (excludes halogenated alkanes) is 24. The lowest BCUT2D eigenvalue weighted by molar-refractivity contribution is -0.188. The molecule has 2 spiro atoms. The Morgan fingerprint density at radius 3 is 1.37 bits per heavy atom. The molecule has 2 aromatic rings. The molecule has 2 saturated heterocycles. The molecular weight excluding hydrogens is 1340 g/mol. The molecule has 16 nitrogen and oxygen atoms in total. The predicted octanol–water partition coefficient (Wildman–Crippen LogP) is 17.4. The number of alkyl halides is 1. The zero-order valence-corrected chi connectivity index (χ0v) is 61.3. The lowest BCUT2D eigenvalue weighted by Crippen LogP contribution is -2.76. The quantitative estimate of drug-likeness (QED) is 0.0142. The lowest BCUT2D eigenvalue weighted by atomic mass is 9.49. The maximum absolute atomic E-state index is 13.3. The molecule has 12 rings (SSSR count). The summed E-state index contributed by atoms with van der Waals surface area (Å²) >= 11 is 1.98. The van der Waals surface area contributed by atoms with Gasteiger partial charge in [-0.15, -0.1) is 0 Å². The Hall–Kier alpha value is -4.43. The summed E-state index contributed by atoms with van der Waals surface area (Å²) in [7, 11) is 0. The monoisotopic (exact) mass is 1460 g/mol. The van der Waals surface area contributed by atoms with Crippen molar-refractivity contribution in [2.24, 2.45) is 11.8 Å². The fraction of sp³-hybridized carbons (Fsp3) is 0.750. The standard InChI is InChI=1S/C40H59NO7.C20H37IO3.C20H23NO4/c1-2-3-4-5-6-7-8-9-10-11-12-13-14-15-16-17-26-45-38(43)47-29-46-33-21-20-31-27-34-40(44)23-22-32(42)37-39(40,35(31)36(33)48-37)24-25-41(34)28-30-18-19-30;1-2-3-4-5-6-7-8-9-10-11-12-13-14-15-16-17-18-23-20(22)24-19-21;22-13-4-3-12-9-15-20(24)6-5-14(23)18-19(20,16(12)17(13)25-18)7-8-21(15)10-11-1-2-11/h9-10,20-21,30,34,37,44H,2-8,11-19,22-29H2,1H3;9-10H,2-8,11-19H2,1H3;3-4,11,15,18,22,24H,1-2,5-10H2/b2*10-9+;/t34?,37-,39-,40+;;15?,18-,19-,20+/m0.0/s1. The third-order valence-corrected chi connectivity index (χ3v) is 23.7. The van der Waals surface area contributed by atoms with Crippen molar-refractivity contribution in [1.29, 1.82) is 0 Å². The molecule has 10 aliphatic rings. The molecule has 0 aromatic heterocycles. The number of piperidine rings is 2. The van der Waals surface area contributed by atoms with E-state index in [1.165, 1.54) is 173 Å². The van der Waals surface area contributed by atoms with Gasteiger partial charge in [0.1, 0.15) is 4.61 Å². The minimum Gasteiger partial charge on any atom is -0.504 e. The van der Waals surface area contributed by atoms with Gasteiger partial charge in [-0.05, 0) is 199 Å². The first kappa shape index (κ1) is 75.2. The number of nitrogens with zero attached hydrogens (tertiary/aromatic N) is 2. The third-order valence-electron chi connectivity index (χ3n) is 23.4. The number of phenols is 1. The molecule has 17 heteroatoms. The van der Waals surface area contributed by atoms with Crippen molar-refractivity contribution < 1.29 is 67.7 Å². The first-order valence-electron chi connectivity index (χ1n) is 38.7. The summed E-state index contributed by atoms with van der Waals surface area (Å²) in [6.07, 6.45) is 51.7. The van der Waals surface area contributed by atoms with E-state index in [0.717, 1.165) is 112 Å². The second-order valence-corrected chi connectivity index (χ2v) is 30.8. The number of phenolic OH excluding ortho intramolecular Hbond substituents is 1. The maximum Gasteiger partial charge on any atom is 0.511 e. The number of rotatable bonds is 40. The van der Waals surface area contributed by atoms with E-state index in [0.29, 0.717) is 67.2 Å². The van der Waals surface area contributed by atoms with E-state index < -0.39 is 46.6 Å². The van der Waals surface area contributed by atoms with Crippen molar-refractivity contribution >= 4 is 46.5 Å². The number of halogens is 1. The van der Waals surface area contributed by atoms with Gasteiger partial charge in [0.2, 0.25) is 6.79 Å². The zero-order chi connectivity index (χ0) is 68.1. The molecule has 6 aliphatic carbocycles. The minimum absolute atomic E-state index is 0.0128. The highest BCUT2D eigenvalue weighted by Gasteiger charge is 2.75. The molecule has 540 valence electrons. The highest BCUT2D eigenvalue weighted by atomic mass is 127. The smallest absolute Gasteiger partial charge is 0.504 e. The van der Waals surface area contributed by atoms with Gasteiger partial charge in [-0.3, -0.25) is 19.4 Å². The van der Waals surface area contributed by atoms with Crippen LogP contribution in [-0.2, 0) is 52.2 Å². The average molecular weight is 1460 g/mol. The fourth-order valence-corrected chi connectivity index (χ4v) is 18.2. The van der Waals surface area contributed by atoms with Gasteiger partial charge in [0.25, 0.3) is 0 Å². The molecule has 4 heterocycles. The Morgan fingerprint density at radius 2 is 0.928 bits per heavy atom. The molecule has 2 aromatic carbocycles. The summed E-state index contributed by atoms with van der Waals surface area (Å²) in [5.41, 5.74) is 0.750. The lowest BCUT2D eigenvalue weighted by Gasteiger charge is -2.62. The maximum atomic E-state index is 13.3. The van der Waals surface area contributed by atoms with Crippen LogP contribution in [0.1, 0.15) is 280 Å². The summed E-state index contributed by atoms with van der Waals surface area (Å²) in [5.74, 6) is 3.14. The number of likely N-dealkylation sites (tertiary alicyclic amines) is 2. The van der Waals surface area contributed by atoms with Gasteiger partial charge in [-0.25, -0.2) is 9.59 Å². The number of benzene rings is 2. The van der Waals surface area contributed by atoms with Crippen LogP contribution in [0.15, 0.2) is 48.6 Å². The van der Waals surface area contributed by atoms with Gasteiger partial charge in [-0.2, -0.15) is 0 Å². The van der Waals surface area contributed by atoms with Crippen LogP contribution in [0.5, 0.6) is 23.0 Å². The van der Waals surface area contributed by atoms with Gasteiger partial charge in [-0.1, -0.05) is 166 Å². The van der Waals surface area contributed by atoms with Crippen LogP contribution in [0.4, 0.5) is 9.59 Å². The van der Waals surface area contributed by atoms with E-state index in [-0.39, 0.29) is 36.2 Å². The van der Waals surface area contributed by atoms with E-state index in [2.05, 4.69) is 52.7 Å². The number of ether oxygens (including phenoxy) is 7. The number of carbonyl (C=O) groups is 4. The van der Waals surface area contributed by atoms with Gasteiger partial charge < -0.3 is 48.5 Å². The van der Waals surface area contributed by atoms with Crippen LogP contribution in [0.25, 0.3) is 0 Å². The molecule has 3 N–H and O–H groups in total. The topological polar surface area (TPSA) is 200 Å². The van der Waals surface area contributed by atoms with Crippen molar-refractivity contribution in [3.8, 4) is 23.0 Å². The summed E-state index contributed by atoms with van der Waals surface area (Å²) < 4.78 is 38.8. The fourth-order valence-electron chi connectivity index (χ4n) is 17.9. The normalized spacial score (nSPS) is 26.9. The highest BCUT2D eigenvalue weighted by molar-refractivity contribution is 14.1. The van der Waals surface area contributed by atoms with Crippen molar-refractivity contribution in [1.82, 2.24) is 9.80 Å². The average Bonchev–Trinajstić information content (AvgIpc) is 1.60. The van der Waals surface area contributed by atoms with E-state index in [9.17, 15) is 34.5 Å². The largest absolute Gasteiger partial charge is 0.511 e. The number of ketones is 2. The first-order valence-corrected chi connectivity index (χ1v) is 40.3. The van der Waals surface area contributed by atoms with Crippen molar-refractivity contribution in [3.63, 3.8) is 0 Å². The molecular formula is C80H119IN2O14. The number of hydrogen-bond acceptors (Lipinski definition) is 16. The van der Waals surface area contributed by atoms with E-state index >= 15 is 0 Å². The van der Waals surface area contributed by atoms with Crippen molar-refractivity contribution in [3.05, 3.63) is 70.8 Å². The van der Waals surface area contributed by atoms with Gasteiger partial charge in [0.15, 0.2) is 46.8 Å². The number of Topliss-reactive ketones (excluding diaryl/α,β-unsaturated/α-hetero) is 2. The summed E-state index contributed by atoms with van der Waals surface area (Å²) in [5, 5.41) is 34.7. The molecule has 97 heavy (non-hydrogen) atoms. The van der Waals surface area contributed by atoms with E-state index in [1.54, 1.807) is 6.07 Å². The summed E-state index contributed by atoms with van der Waals surface area (Å²) in [6.45, 7) is 8.86. The van der Waals surface area contributed by atoms with E-state index in [4.69, 9.17) is 28.4 Å². The molecule has 0 radical (unpaired) electrons. The number of carbonyl (C=O) groups excluding carboxylic acids is 4. The van der Waals surface area contributed by atoms with Crippen LogP contribution in [0, 0.1) is 11.8 Å². The molecule has 4 saturated carbocycles. The Balaban J connectivity index is 0.000000175. The number of aliphatic hydroxyl groups is 2. The highest BCUT2D eigenvalue weighted by Crippen LogP contribution is 2.67. The summed E-state index contributed by atoms with van der Waals surface area (Å²) in [4.78, 5) is 54.1. The second kappa shape index (κ2) is 37.0. The van der Waals surface area contributed by atoms with Gasteiger partial charge in [0, 0.05) is 49.1 Å². The van der Waals surface area contributed by atoms with Crippen LogP contribution in [0.2, 0.25) is 0 Å². The van der Waals surface area contributed by atoms with Crippen LogP contribution in [0.3, 0.4) is 0 Å². The van der Waals surface area contributed by atoms with Gasteiger partial charge in [0.05, 0.1) is 35.2 Å². The van der Waals surface area contributed by atoms with Crippen LogP contribution in [-0.4, -0.2) is 135 Å². The number of hydrogen-bond donors (Lipinski definition) is 3. The molecule has 2 unspecified atom stereocenters. The predicted molar refractivity (Wildman–Crippen MR) is 386 cm³/mol. The minimum atomic E-state index is -1.01. The third kappa shape index (κ3) is 18.3. The van der Waals surface area contributed by atoms with Crippen LogP contribution < -0.4 is 14.2 Å². The van der Waals surface area contributed by atoms with Crippen LogP contribution >= 0.6 is 22.6 Å². The molecule has 4 aliphatic heterocycles. The number of allylic oxidation sites excluding steroid dienone is 4. The molecule has 8 atom stereocenters. The Morgan fingerprint density at radius 1 is 0.526 bits per heavy atom. The Labute approximate surface area is 593 Å². The molecule has 0 amide bonds. The van der Waals surface area contributed by atoms with Gasteiger partial charge >= 0.3 is 12.3 Å². The number of aromatic hydroxyl groups is 1. The SMILES string of the molecule is CCCCCCCC/C=C/CCCCCCCCOC(=O)OCI.CCCCCCCC/C=C/CCCCCCCCOC(=O)OCOc1ccc2c3c1O[C@H]1C(=O)CC[C@@]4(O)C(C2)N(CC2CC2)CC[C@]314.O=C1CC[C@@]2(O)C3Cc4ccc(O)c5c4[C@@]2(CCN3CC2CC2)[C@H]1O5. The molecule has 6 fully saturated rings. The first-order chi connectivity index (χ1) is 47.3. The van der Waals surface area contributed by atoms with Crippen molar-refractivity contribution in [2.45, 2.75) is 317 Å². The zero-order valence-electron chi connectivity index (χ0n) is 59.1. The Kier molecular flexibility index (Phi) is 28.7. The summed E-state index contributed by atoms with van der Waals surface area (Å²) in [6, 6.07) is 7.57. The Bertz CT molecular complexity index is 2930. The van der Waals surface area contributed by atoms with E-state index in [1.807, 2.05) is 40.8 Å². The van der Waals surface area contributed by atoms with Crippen molar-refractivity contribution in [2.75, 3.05) is 50.8 Å². The molecule has 4 bridgehead atoms. The second-order valence-electron chi connectivity index (χ2n) is 30.1.